The molecule has 0 spiro atoms. The van der Waals surface area contributed by atoms with Crippen LogP contribution in [0.3, 0.4) is 0 Å². The second kappa shape index (κ2) is 9.39. The SMILES string of the molecule is CC1(C)c2ccccc2-c2ccc(N(c3ccc(-c4ccccc4)cc3)c3cccc4cnc5cccnc5c34)cc21. The van der Waals surface area contributed by atoms with Crippen molar-refractivity contribution in [1.82, 2.24) is 9.97 Å². The number of aromatic nitrogens is 2. The summed E-state index contributed by atoms with van der Waals surface area (Å²) in [6.07, 6.45) is 3.82. The summed E-state index contributed by atoms with van der Waals surface area (Å²) >= 11 is 0. The van der Waals surface area contributed by atoms with Crippen LogP contribution in [0.15, 0.2) is 140 Å². The number of nitrogens with zero attached hydrogens (tertiary/aromatic N) is 3. The third kappa shape index (κ3) is 3.74. The molecule has 2 aromatic heterocycles. The van der Waals surface area contributed by atoms with Gasteiger partial charge in [-0.3, -0.25) is 9.97 Å². The average molecular weight is 540 g/mol. The van der Waals surface area contributed by atoms with Gasteiger partial charge in [-0.1, -0.05) is 98.8 Å². The Bertz CT molecular complexity index is 2110. The zero-order valence-corrected chi connectivity index (χ0v) is 23.6. The van der Waals surface area contributed by atoms with Crippen LogP contribution < -0.4 is 4.90 Å². The Kier molecular flexibility index (Phi) is 5.48. The summed E-state index contributed by atoms with van der Waals surface area (Å²) in [5.41, 5.74) is 12.8. The Hall–Kier alpha value is -5.28. The molecule has 3 heteroatoms. The molecule has 7 aromatic rings. The van der Waals surface area contributed by atoms with Crippen LogP contribution in [0.25, 0.3) is 44.1 Å². The highest BCUT2D eigenvalue weighted by atomic mass is 15.1. The first-order valence-electron chi connectivity index (χ1n) is 14.4. The molecule has 8 rings (SSSR count). The summed E-state index contributed by atoms with van der Waals surface area (Å²) in [6.45, 7) is 4.67. The van der Waals surface area contributed by atoms with Crippen molar-refractivity contribution >= 4 is 38.9 Å². The molecule has 0 unspecified atom stereocenters. The second-order valence-corrected chi connectivity index (χ2v) is 11.5. The molecule has 1 aliphatic rings. The van der Waals surface area contributed by atoms with E-state index in [4.69, 9.17) is 9.97 Å². The van der Waals surface area contributed by atoms with Gasteiger partial charge in [0, 0.05) is 40.0 Å². The third-order valence-electron chi connectivity index (χ3n) is 8.74. The van der Waals surface area contributed by atoms with E-state index in [0.717, 1.165) is 38.9 Å². The number of anilines is 3. The number of fused-ring (bicyclic) bond motifs is 6. The highest BCUT2D eigenvalue weighted by molar-refractivity contribution is 6.12. The maximum absolute atomic E-state index is 4.81. The Morgan fingerprint density at radius 3 is 2.17 bits per heavy atom. The minimum absolute atomic E-state index is 0.0955. The summed E-state index contributed by atoms with van der Waals surface area (Å²) in [6, 6.07) is 45.6. The molecule has 0 aliphatic heterocycles. The largest absolute Gasteiger partial charge is 0.310 e. The van der Waals surface area contributed by atoms with Gasteiger partial charge >= 0.3 is 0 Å². The Labute approximate surface area is 245 Å². The first kappa shape index (κ1) is 24.5. The van der Waals surface area contributed by atoms with Crippen molar-refractivity contribution in [3.05, 3.63) is 151 Å². The number of hydrogen-bond acceptors (Lipinski definition) is 3. The molecule has 1 aliphatic carbocycles. The minimum atomic E-state index is -0.0955. The normalized spacial score (nSPS) is 13.2. The lowest BCUT2D eigenvalue weighted by Gasteiger charge is -2.29. The molecule has 0 saturated carbocycles. The first-order chi connectivity index (χ1) is 20.6. The Balaban J connectivity index is 1.37. The van der Waals surface area contributed by atoms with Gasteiger partial charge in [-0.05, 0) is 75.8 Å². The van der Waals surface area contributed by atoms with E-state index in [9.17, 15) is 0 Å². The minimum Gasteiger partial charge on any atom is -0.310 e. The van der Waals surface area contributed by atoms with Gasteiger partial charge in [-0.2, -0.15) is 0 Å². The Morgan fingerprint density at radius 1 is 0.571 bits per heavy atom. The summed E-state index contributed by atoms with van der Waals surface area (Å²) < 4.78 is 0. The van der Waals surface area contributed by atoms with Gasteiger partial charge < -0.3 is 4.90 Å². The van der Waals surface area contributed by atoms with E-state index in [1.807, 2.05) is 24.5 Å². The van der Waals surface area contributed by atoms with Crippen molar-refractivity contribution in [3.63, 3.8) is 0 Å². The molecule has 0 amide bonds. The van der Waals surface area contributed by atoms with Crippen molar-refractivity contribution in [2.45, 2.75) is 19.3 Å². The molecule has 200 valence electrons. The lowest BCUT2D eigenvalue weighted by molar-refractivity contribution is 0.660. The fourth-order valence-electron chi connectivity index (χ4n) is 6.63. The average Bonchev–Trinajstić information content (AvgIpc) is 3.28. The molecule has 0 radical (unpaired) electrons. The maximum atomic E-state index is 4.81. The highest BCUT2D eigenvalue weighted by Crippen LogP contribution is 2.51. The smallest absolute Gasteiger partial charge is 0.0986 e. The molecule has 0 atom stereocenters. The van der Waals surface area contributed by atoms with E-state index in [1.54, 1.807) is 0 Å². The van der Waals surface area contributed by atoms with Gasteiger partial charge in [0.1, 0.15) is 0 Å². The van der Waals surface area contributed by atoms with Crippen LogP contribution in [0.2, 0.25) is 0 Å². The molecule has 2 heterocycles. The van der Waals surface area contributed by atoms with Crippen molar-refractivity contribution in [3.8, 4) is 22.3 Å². The highest BCUT2D eigenvalue weighted by Gasteiger charge is 2.35. The summed E-state index contributed by atoms with van der Waals surface area (Å²) in [5.74, 6) is 0. The van der Waals surface area contributed by atoms with Gasteiger partial charge in [0.2, 0.25) is 0 Å². The molecule has 0 fully saturated rings. The van der Waals surface area contributed by atoms with Crippen molar-refractivity contribution in [2.24, 2.45) is 0 Å². The van der Waals surface area contributed by atoms with Gasteiger partial charge in [0.25, 0.3) is 0 Å². The standard InChI is InChI=1S/C39H29N3/c1-39(2)33-14-7-6-13-31(33)32-22-21-30(24-34(32)39)42(29-19-17-27(18-20-29)26-10-4-3-5-11-26)36-16-8-12-28-25-41-35-15-9-23-40-38(35)37(28)36/h3-25H,1-2H3. The van der Waals surface area contributed by atoms with Crippen LogP contribution in [-0.2, 0) is 5.41 Å². The predicted molar refractivity (Wildman–Crippen MR) is 175 cm³/mol. The van der Waals surface area contributed by atoms with Crippen LogP contribution in [-0.4, -0.2) is 9.97 Å². The lowest BCUT2D eigenvalue weighted by Crippen LogP contribution is -2.16. The predicted octanol–water partition coefficient (Wildman–Crippen LogP) is 10.2. The second-order valence-electron chi connectivity index (χ2n) is 11.5. The van der Waals surface area contributed by atoms with Gasteiger partial charge in [-0.25, -0.2) is 0 Å². The van der Waals surface area contributed by atoms with E-state index < -0.39 is 0 Å². The van der Waals surface area contributed by atoms with E-state index in [1.165, 1.54) is 33.4 Å². The molecular formula is C39H29N3. The fraction of sp³-hybridized carbons (Fsp3) is 0.0769. The summed E-state index contributed by atoms with van der Waals surface area (Å²) in [5, 5.41) is 2.16. The van der Waals surface area contributed by atoms with E-state index >= 15 is 0 Å². The van der Waals surface area contributed by atoms with Crippen LogP contribution in [0.5, 0.6) is 0 Å². The molecule has 5 aromatic carbocycles. The molecule has 0 saturated heterocycles. The zero-order valence-electron chi connectivity index (χ0n) is 23.6. The van der Waals surface area contributed by atoms with Crippen molar-refractivity contribution < 1.29 is 0 Å². The van der Waals surface area contributed by atoms with Crippen LogP contribution in [0.4, 0.5) is 17.1 Å². The van der Waals surface area contributed by atoms with Crippen LogP contribution in [0, 0.1) is 0 Å². The quantitative estimate of drug-likeness (QED) is 0.208. The van der Waals surface area contributed by atoms with E-state index in [2.05, 4.69) is 134 Å². The van der Waals surface area contributed by atoms with Gasteiger partial charge in [0.05, 0.1) is 16.7 Å². The Morgan fingerprint density at radius 2 is 1.31 bits per heavy atom. The number of hydrogen-bond donors (Lipinski definition) is 0. The van der Waals surface area contributed by atoms with Crippen molar-refractivity contribution in [2.75, 3.05) is 4.90 Å². The monoisotopic (exact) mass is 539 g/mol. The van der Waals surface area contributed by atoms with E-state index in [0.29, 0.717) is 0 Å². The third-order valence-corrected chi connectivity index (χ3v) is 8.74. The lowest BCUT2D eigenvalue weighted by atomic mass is 9.82. The van der Waals surface area contributed by atoms with Crippen LogP contribution in [0.1, 0.15) is 25.0 Å². The molecule has 0 bridgehead atoms. The number of pyridine rings is 2. The van der Waals surface area contributed by atoms with Crippen molar-refractivity contribution in [1.29, 1.82) is 0 Å². The van der Waals surface area contributed by atoms with E-state index in [-0.39, 0.29) is 5.41 Å². The van der Waals surface area contributed by atoms with Crippen LogP contribution >= 0.6 is 0 Å². The van der Waals surface area contributed by atoms with Gasteiger partial charge in [0.15, 0.2) is 0 Å². The fourth-order valence-corrected chi connectivity index (χ4v) is 6.63. The molecule has 42 heavy (non-hydrogen) atoms. The summed E-state index contributed by atoms with van der Waals surface area (Å²) in [4.78, 5) is 11.9. The molecular weight excluding hydrogens is 510 g/mol. The number of rotatable bonds is 4. The van der Waals surface area contributed by atoms with Gasteiger partial charge in [-0.15, -0.1) is 0 Å². The first-order valence-corrected chi connectivity index (χ1v) is 14.4. The topological polar surface area (TPSA) is 29.0 Å². The zero-order chi connectivity index (χ0) is 28.3. The molecule has 3 nitrogen and oxygen atoms in total. The maximum Gasteiger partial charge on any atom is 0.0986 e. The molecule has 0 N–H and O–H groups in total. The number of benzene rings is 5. The summed E-state index contributed by atoms with van der Waals surface area (Å²) in [7, 11) is 0.